The third-order valence-electron chi connectivity index (χ3n) is 6.58. The summed E-state index contributed by atoms with van der Waals surface area (Å²) in [5.74, 6) is 0.717. The maximum Gasteiger partial charge on any atom is 0.321 e. The molecule has 1 fully saturated rings. The highest BCUT2D eigenvalue weighted by atomic mass is 16.2. The van der Waals surface area contributed by atoms with Gasteiger partial charge in [-0.1, -0.05) is 78.4 Å². The standard InChI is InChI=1S/C27H28N6O/c1-21-12-14-22(15-13-21)20-33-30-25(29-31-33)27(23-8-4-2-5-9-23)16-18-32(19-17-27)26(34)28-24-10-6-3-7-11-24/h2-15H,16-20H2,1H3,(H,28,34). The van der Waals surface area contributed by atoms with Crippen molar-refractivity contribution in [3.05, 3.63) is 107 Å². The fourth-order valence-electron chi connectivity index (χ4n) is 4.57. The number of amides is 2. The van der Waals surface area contributed by atoms with Crippen LogP contribution in [0.4, 0.5) is 10.5 Å². The SMILES string of the molecule is Cc1ccc(Cn2nnc(C3(c4ccccc4)CCN(C(=O)Nc4ccccc4)CC3)n2)cc1. The molecule has 34 heavy (non-hydrogen) atoms. The quantitative estimate of drug-likeness (QED) is 0.478. The summed E-state index contributed by atoms with van der Waals surface area (Å²) in [4.78, 5) is 16.4. The first-order valence-corrected chi connectivity index (χ1v) is 11.6. The molecule has 4 aromatic rings. The number of rotatable bonds is 5. The zero-order valence-electron chi connectivity index (χ0n) is 19.3. The lowest BCUT2D eigenvalue weighted by molar-refractivity contribution is 0.177. The third kappa shape index (κ3) is 4.55. The molecule has 1 saturated heterocycles. The fourth-order valence-corrected chi connectivity index (χ4v) is 4.57. The Morgan fingerprint density at radius 1 is 0.912 bits per heavy atom. The molecule has 1 aliphatic heterocycles. The second-order valence-electron chi connectivity index (χ2n) is 8.86. The highest BCUT2D eigenvalue weighted by Gasteiger charge is 2.42. The van der Waals surface area contributed by atoms with Crippen molar-refractivity contribution in [2.24, 2.45) is 0 Å². The van der Waals surface area contributed by atoms with Gasteiger partial charge in [-0.3, -0.25) is 0 Å². The average Bonchev–Trinajstić information content (AvgIpc) is 3.36. The van der Waals surface area contributed by atoms with E-state index >= 15 is 0 Å². The molecule has 0 unspecified atom stereocenters. The zero-order chi connectivity index (χ0) is 23.4. The summed E-state index contributed by atoms with van der Waals surface area (Å²) in [7, 11) is 0. The van der Waals surface area contributed by atoms with Gasteiger partial charge in [-0.2, -0.15) is 4.80 Å². The lowest BCUT2D eigenvalue weighted by Crippen LogP contribution is -2.47. The molecule has 1 aliphatic rings. The molecule has 0 spiro atoms. The molecule has 1 aromatic heterocycles. The van der Waals surface area contributed by atoms with Crippen molar-refractivity contribution in [2.45, 2.75) is 31.7 Å². The average molecular weight is 453 g/mol. The van der Waals surface area contributed by atoms with Gasteiger partial charge in [-0.25, -0.2) is 4.79 Å². The van der Waals surface area contributed by atoms with Crippen molar-refractivity contribution in [3.63, 3.8) is 0 Å². The van der Waals surface area contributed by atoms with Crippen molar-refractivity contribution in [1.29, 1.82) is 0 Å². The van der Waals surface area contributed by atoms with E-state index in [-0.39, 0.29) is 11.4 Å². The minimum Gasteiger partial charge on any atom is -0.324 e. The second-order valence-corrected chi connectivity index (χ2v) is 8.86. The van der Waals surface area contributed by atoms with Crippen molar-refractivity contribution >= 4 is 11.7 Å². The number of carbonyl (C=O) groups is 1. The predicted molar refractivity (Wildman–Crippen MR) is 132 cm³/mol. The Morgan fingerprint density at radius 3 is 2.24 bits per heavy atom. The van der Waals surface area contributed by atoms with E-state index in [1.54, 1.807) is 4.80 Å². The number of nitrogens with one attached hydrogen (secondary N) is 1. The topological polar surface area (TPSA) is 75.9 Å². The van der Waals surface area contributed by atoms with Crippen LogP contribution in [0.5, 0.6) is 0 Å². The highest BCUT2D eigenvalue weighted by Crippen LogP contribution is 2.40. The summed E-state index contributed by atoms with van der Waals surface area (Å²) < 4.78 is 0. The van der Waals surface area contributed by atoms with E-state index in [2.05, 4.69) is 59.0 Å². The molecule has 2 amide bonds. The number of likely N-dealkylation sites (tertiary alicyclic amines) is 1. The van der Waals surface area contributed by atoms with Crippen LogP contribution in [0.1, 0.15) is 35.4 Å². The number of anilines is 1. The minimum absolute atomic E-state index is 0.0798. The van der Waals surface area contributed by atoms with Crippen LogP contribution in [0.15, 0.2) is 84.9 Å². The number of hydrogen-bond donors (Lipinski definition) is 1. The zero-order valence-corrected chi connectivity index (χ0v) is 19.3. The number of benzene rings is 3. The molecule has 1 N–H and O–H groups in total. The lowest BCUT2D eigenvalue weighted by atomic mass is 9.72. The van der Waals surface area contributed by atoms with Gasteiger partial charge in [0.2, 0.25) is 0 Å². The van der Waals surface area contributed by atoms with Gasteiger partial charge in [-0.15, -0.1) is 10.2 Å². The molecule has 172 valence electrons. The van der Waals surface area contributed by atoms with Crippen molar-refractivity contribution in [3.8, 4) is 0 Å². The largest absolute Gasteiger partial charge is 0.324 e. The number of piperidine rings is 1. The number of carbonyl (C=O) groups excluding carboxylic acids is 1. The number of aryl methyl sites for hydroxylation is 1. The van der Waals surface area contributed by atoms with Gasteiger partial charge < -0.3 is 10.2 Å². The molecular weight excluding hydrogens is 424 g/mol. The monoisotopic (exact) mass is 452 g/mol. The molecule has 0 aliphatic carbocycles. The van der Waals surface area contributed by atoms with E-state index in [0.717, 1.165) is 29.7 Å². The van der Waals surface area contributed by atoms with E-state index in [4.69, 9.17) is 5.10 Å². The Kier molecular flexibility index (Phi) is 6.08. The molecular formula is C27H28N6O. The number of para-hydroxylation sites is 1. The number of tetrazole rings is 1. The molecule has 0 atom stereocenters. The molecule has 7 nitrogen and oxygen atoms in total. The number of hydrogen-bond acceptors (Lipinski definition) is 4. The maximum atomic E-state index is 12.8. The van der Waals surface area contributed by atoms with Crippen LogP contribution in [-0.4, -0.2) is 44.2 Å². The van der Waals surface area contributed by atoms with Crippen LogP contribution in [0.25, 0.3) is 0 Å². The van der Waals surface area contributed by atoms with Gasteiger partial charge in [0.15, 0.2) is 5.82 Å². The molecule has 0 saturated carbocycles. The van der Waals surface area contributed by atoms with E-state index in [0.29, 0.717) is 25.5 Å². The Hall–Kier alpha value is -4.00. The van der Waals surface area contributed by atoms with Gasteiger partial charge in [0.1, 0.15) is 0 Å². The number of aromatic nitrogens is 4. The number of urea groups is 1. The molecule has 5 rings (SSSR count). The summed E-state index contributed by atoms with van der Waals surface area (Å²) in [5, 5.41) is 16.7. The summed E-state index contributed by atoms with van der Waals surface area (Å²) in [6.45, 7) is 3.87. The first-order valence-electron chi connectivity index (χ1n) is 11.6. The van der Waals surface area contributed by atoms with Crippen molar-refractivity contribution < 1.29 is 4.79 Å². The Morgan fingerprint density at radius 2 is 1.56 bits per heavy atom. The van der Waals surface area contributed by atoms with Gasteiger partial charge in [0.05, 0.1) is 12.0 Å². The normalized spacial score (nSPS) is 15.1. The molecule has 3 aromatic carbocycles. The van der Waals surface area contributed by atoms with E-state index in [9.17, 15) is 4.79 Å². The first-order chi connectivity index (χ1) is 16.6. The summed E-state index contributed by atoms with van der Waals surface area (Å²) in [5.41, 5.74) is 3.94. The second kappa shape index (κ2) is 9.47. The smallest absolute Gasteiger partial charge is 0.321 e. The molecule has 0 bridgehead atoms. The summed E-state index contributed by atoms with van der Waals surface area (Å²) in [6.07, 6.45) is 1.46. The van der Waals surface area contributed by atoms with Gasteiger partial charge in [0.25, 0.3) is 0 Å². The molecule has 7 heteroatoms. The van der Waals surface area contributed by atoms with Crippen LogP contribution >= 0.6 is 0 Å². The molecule has 0 radical (unpaired) electrons. The van der Waals surface area contributed by atoms with Crippen LogP contribution in [0, 0.1) is 6.92 Å². The highest BCUT2D eigenvalue weighted by molar-refractivity contribution is 5.89. The van der Waals surface area contributed by atoms with Gasteiger partial charge in [0, 0.05) is 18.8 Å². The van der Waals surface area contributed by atoms with E-state index < -0.39 is 0 Å². The Bertz CT molecular complexity index is 1230. The van der Waals surface area contributed by atoms with Crippen LogP contribution in [0.3, 0.4) is 0 Å². The Labute approximate surface area is 199 Å². The maximum absolute atomic E-state index is 12.8. The van der Waals surface area contributed by atoms with Gasteiger partial charge in [-0.05, 0) is 48.2 Å². The van der Waals surface area contributed by atoms with Crippen molar-refractivity contribution in [2.75, 3.05) is 18.4 Å². The van der Waals surface area contributed by atoms with Crippen LogP contribution in [0.2, 0.25) is 0 Å². The van der Waals surface area contributed by atoms with E-state index in [1.807, 2.05) is 53.4 Å². The van der Waals surface area contributed by atoms with Crippen LogP contribution in [-0.2, 0) is 12.0 Å². The summed E-state index contributed by atoms with van der Waals surface area (Å²) in [6, 6.07) is 28.2. The minimum atomic E-state index is -0.379. The predicted octanol–water partition coefficient (Wildman–Crippen LogP) is 4.64. The number of nitrogens with zero attached hydrogens (tertiary/aromatic N) is 5. The van der Waals surface area contributed by atoms with Crippen LogP contribution < -0.4 is 5.32 Å². The first kappa shape index (κ1) is 21.8. The van der Waals surface area contributed by atoms with Crippen molar-refractivity contribution in [1.82, 2.24) is 25.1 Å². The fraction of sp³-hybridized carbons (Fsp3) is 0.259. The Balaban J connectivity index is 1.36. The lowest BCUT2D eigenvalue weighted by Gasteiger charge is -2.40. The van der Waals surface area contributed by atoms with E-state index in [1.165, 1.54) is 5.56 Å². The third-order valence-corrected chi connectivity index (χ3v) is 6.58. The van der Waals surface area contributed by atoms with Gasteiger partial charge >= 0.3 is 6.03 Å². The summed E-state index contributed by atoms with van der Waals surface area (Å²) >= 11 is 0. The molecule has 2 heterocycles.